The van der Waals surface area contributed by atoms with Crippen LogP contribution < -0.4 is 0 Å². The average Bonchev–Trinajstić information content (AvgIpc) is 2.18. The van der Waals surface area contributed by atoms with Crippen molar-refractivity contribution >= 4 is 5.71 Å². The lowest BCUT2D eigenvalue weighted by molar-refractivity contribution is 0.127. The van der Waals surface area contributed by atoms with Gasteiger partial charge in [0.05, 0.1) is 5.71 Å². The van der Waals surface area contributed by atoms with Crippen molar-refractivity contribution < 1.29 is 4.84 Å². The van der Waals surface area contributed by atoms with E-state index >= 15 is 0 Å². The Morgan fingerprint density at radius 2 is 1.80 bits per heavy atom. The van der Waals surface area contributed by atoms with Crippen LogP contribution in [-0.4, -0.2) is 5.71 Å². The Bertz CT molecular complexity index is 322. The molecule has 0 N–H and O–H groups in total. The Hall–Kier alpha value is -1.31. The quantitative estimate of drug-likeness (QED) is 0.545. The highest BCUT2D eigenvalue weighted by Crippen LogP contribution is 2.15. The third kappa shape index (κ3) is 4.15. The summed E-state index contributed by atoms with van der Waals surface area (Å²) in [5, 5.41) is 4.11. The van der Waals surface area contributed by atoms with E-state index in [1.165, 1.54) is 0 Å². The normalized spacial score (nSPS) is 12.7. The van der Waals surface area contributed by atoms with Gasteiger partial charge in [-0.25, -0.2) is 0 Å². The van der Waals surface area contributed by atoms with Crippen LogP contribution in [0.4, 0.5) is 0 Å². The summed E-state index contributed by atoms with van der Waals surface area (Å²) in [6.07, 6.45) is 0. The van der Waals surface area contributed by atoms with E-state index in [1.54, 1.807) is 0 Å². The predicted molar refractivity (Wildman–Crippen MR) is 63.8 cm³/mol. The molecule has 0 saturated heterocycles. The second-order valence-corrected chi connectivity index (χ2v) is 4.69. The van der Waals surface area contributed by atoms with E-state index < -0.39 is 0 Å². The summed E-state index contributed by atoms with van der Waals surface area (Å²) in [4.78, 5) is 5.30. The molecule has 0 aromatic heterocycles. The van der Waals surface area contributed by atoms with Crippen LogP contribution in [0.2, 0.25) is 0 Å². The number of rotatable bonds is 3. The summed E-state index contributed by atoms with van der Waals surface area (Å²) < 4.78 is 0. The molecule has 1 aromatic rings. The molecule has 2 heteroatoms. The molecule has 0 bridgehead atoms. The molecule has 1 aromatic carbocycles. The molecule has 0 radical (unpaired) electrons. The molecule has 0 fully saturated rings. The SMILES string of the molecule is CC(=NOCc1ccccc1)C(C)(C)C. The number of benzene rings is 1. The summed E-state index contributed by atoms with van der Waals surface area (Å²) in [6.45, 7) is 8.90. The van der Waals surface area contributed by atoms with E-state index in [-0.39, 0.29) is 5.41 Å². The standard InChI is InChI=1S/C13H19NO/c1-11(13(2,3)4)14-15-10-12-8-6-5-7-9-12/h5-9H,10H2,1-4H3. The lowest BCUT2D eigenvalue weighted by atomic mass is 9.91. The van der Waals surface area contributed by atoms with Crippen molar-refractivity contribution in [3.05, 3.63) is 35.9 Å². The minimum atomic E-state index is 0.0800. The van der Waals surface area contributed by atoms with Gasteiger partial charge in [-0.05, 0) is 12.5 Å². The average molecular weight is 205 g/mol. The molecule has 0 aliphatic carbocycles. The van der Waals surface area contributed by atoms with E-state index in [4.69, 9.17) is 4.84 Å². The van der Waals surface area contributed by atoms with Crippen LogP contribution in [0, 0.1) is 5.41 Å². The molecule has 0 heterocycles. The van der Waals surface area contributed by atoms with Crippen LogP contribution in [0.15, 0.2) is 35.5 Å². The van der Waals surface area contributed by atoms with Crippen molar-refractivity contribution in [2.45, 2.75) is 34.3 Å². The second-order valence-electron chi connectivity index (χ2n) is 4.69. The first kappa shape index (κ1) is 11.8. The van der Waals surface area contributed by atoms with E-state index in [2.05, 4.69) is 25.9 Å². The number of hydrogen-bond donors (Lipinski definition) is 0. The molecular formula is C13H19NO. The van der Waals surface area contributed by atoms with Gasteiger partial charge in [0.2, 0.25) is 0 Å². The number of hydrogen-bond acceptors (Lipinski definition) is 2. The summed E-state index contributed by atoms with van der Waals surface area (Å²) in [5.41, 5.74) is 2.23. The summed E-state index contributed by atoms with van der Waals surface area (Å²) in [5.74, 6) is 0. The third-order valence-corrected chi connectivity index (χ3v) is 2.36. The van der Waals surface area contributed by atoms with Crippen LogP contribution in [-0.2, 0) is 11.4 Å². The number of oxime groups is 1. The molecule has 0 atom stereocenters. The Morgan fingerprint density at radius 1 is 1.20 bits per heavy atom. The van der Waals surface area contributed by atoms with Crippen LogP contribution >= 0.6 is 0 Å². The minimum absolute atomic E-state index is 0.0800. The third-order valence-electron chi connectivity index (χ3n) is 2.36. The first-order valence-electron chi connectivity index (χ1n) is 5.21. The summed E-state index contributed by atoms with van der Waals surface area (Å²) >= 11 is 0. The van der Waals surface area contributed by atoms with Gasteiger partial charge < -0.3 is 4.84 Å². The van der Waals surface area contributed by atoms with E-state index in [0.717, 1.165) is 11.3 Å². The van der Waals surface area contributed by atoms with Gasteiger partial charge in [-0.3, -0.25) is 0 Å². The second kappa shape index (κ2) is 4.96. The Labute approximate surface area is 91.9 Å². The minimum Gasteiger partial charge on any atom is -0.391 e. The van der Waals surface area contributed by atoms with Crippen molar-refractivity contribution in [2.75, 3.05) is 0 Å². The summed E-state index contributed by atoms with van der Waals surface area (Å²) in [6, 6.07) is 10.1. The van der Waals surface area contributed by atoms with E-state index in [1.807, 2.05) is 37.3 Å². The van der Waals surface area contributed by atoms with Crippen molar-refractivity contribution in [1.82, 2.24) is 0 Å². The molecule has 0 aliphatic rings. The molecule has 0 aliphatic heterocycles. The van der Waals surface area contributed by atoms with Crippen LogP contribution in [0.5, 0.6) is 0 Å². The first-order valence-corrected chi connectivity index (χ1v) is 5.21. The molecule has 0 amide bonds. The van der Waals surface area contributed by atoms with E-state index in [0.29, 0.717) is 6.61 Å². The molecule has 2 nitrogen and oxygen atoms in total. The molecule has 15 heavy (non-hydrogen) atoms. The van der Waals surface area contributed by atoms with Gasteiger partial charge in [0.15, 0.2) is 0 Å². The van der Waals surface area contributed by atoms with Gasteiger partial charge in [-0.1, -0.05) is 56.3 Å². The maximum atomic E-state index is 5.30. The fourth-order valence-electron chi connectivity index (χ4n) is 0.915. The topological polar surface area (TPSA) is 21.6 Å². The lowest BCUT2D eigenvalue weighted by Gasteiger charge is -2.16. The fraction of sp³-hybridized carbons (Fsp3) is 0.462. The molecule has 82 valence electrons. The van der Waals surface area contributed by atoms with Gasteiger partial charge in [0, 0.05) is 5.41 Å². The Kier molecular flexibility index (Phi) is 3.89. The maximum Gasteiger partial charge on any atom is 0.142 e. The zero-order valence-corrected chi connectivity index (χ0v) is 9.95. The van der Waals surface area contributed by atoms with Gasteiger partial charge in [-0.15, -0.1) is 0 Å². The van der Waals surface area contributed by atoms with Crippen LogP contribution in [0.1, 0.15) is 33.3 Å². The molecule has 0 unspecified atom stereocenters. The largest absolute Gasteiger partial charge is 0.391 e. The Balaban J connectivity index is 2.46. The Morgan fingerprint density at radius 3 is 2.33 bits per heavy atom. The van der Waals surface area contributed by atoms with Crippen molar-refractivity contribution in [2.24, 2.45) is 10.6 Å². The fourth-order valence-corrected chi connectivity index (χ4v) is 0.915. The lowest BCUT2D eigenvalue weighted by Crippen LogP contribution is -2.17. The van der Waals surface area contributed by atoms with Crippen LogP contribution in [0.25, 0.3) is 0 Å². The monoisotopic (exact) mass is 205 g/mol. The highest BCUT2D eigenvalue weighted by atomic mass is 16.6. The highest BCUT2D eigenvalue weighted by Gasteiger charge is 2.14. The highest BCUT2D eigenvalue weighted by molar-refractivity contribution is 5.86. The van der Waals surface area contributed by atoms with Gasteiger partial charge in [0.1, 0.15) is 6.61 Å². The zero-order chi connectivity index (χ0) is 11.3. The molecule has 0 spiro atoms. The predicted octanol–water partition coefficient (Wildman–Crippen LogP) is 3.63. The van der Waals surface area contributed by atoms with Gasteiger partial charge in [-0.2, -0.15) is 0 Å². The van der Waals surface area contributed by atoms with Crippen molar-refractivity contribution in [3.63, 3.8) is 0 Å². The molecule has 0 saturated carbocycles. The smallest absolute Gasteiger partial charge is 0.142 e. The molecule has 1 rings (SSSR count). The summed E-state index contributed by atoms with van der Waals surface area (Å²) in [7, 11) is 0. The maximum absolute atomic E-state index is 5.30. The van der Waals surface area contributed by atoms with Crippen LogP contribution in [0.3, 0.4) is 0 Å². The zero-order valence-electron chi connectivity index (χ0n) is 9.95. The van der Waals surface area contributed by atoms with Crippen molar-refractivity contribution in [3.8, 4) is 0 Å². The number of nitrogens with zero attached hydrogens (tertiary/aromatic N) is 1. The van der Waals surface area contributed by atoms with E-state index in [9.17, 15) is 0 Å². The first-order chi connectivity index (χ1) is 7.00. The van der Waals surface area contributed by atoms with Gasteiger partial charge in [0.25, 0.3) is 0 Å². The van der Waals surface area contributed by atoms with Crippen molar-refractivity contribution in [1.29, 1.82) is 0 Å². The van der Waals surface area contributed by atoms with Gasteiger partial charge >= 0.3 is 0 Å². The molecular weight excluding hydrogens is 186 g/mol.